The number of pyridine rings is 1. The molecule has 1 unspecified atom stereocenters. The maximum Gasteiger partial charge on any atom is 0.251 e. The van der Waals surface area contributed by atoms with Gasteiger partial charge in [-0.05, 0) is 44.0 Å². The number of carbonyl (C=O) groups is 1. The molecule has 2 rings (SSSR count). The minimum atomic E-state index is -0.151. The average molecular weight is 289 g/mol. The summed E-state index contributed by atoms with van der Waals surface area (Å²) >= 11 is 5.79. The number of carbonyl (C=O) groups excluding carboxylic acids is 1. The predicted molar refractivity (Wildman–Crippen MR) is 81.0 cm³/mol. The lowest BCUT2D eigenvalue weighted by molar-refractivity contribution is 0.0939. The Bertz CT molecular complexity index is 640. The van der Waals surface area contributed by atoms with Crippen LogP contribution in [0.4, 0.5) is 0 Å². The van der Waals surface area contributed by atoms with E-state index in [9.17, 15) is 4.79 Å². The maximum absolute atomic E-state index is 12.2. The minimum Gasteiger partial charge on any atom is -0.346 e. The molecule has 0 aliphatic rings. The molecule has 0 aliphatic carbocycles. The molecule has 1 aromatic carbocycles. The Morgan fingerprint density at radius 3 is 2.65 bits per heavy atom. The fourth-order valence-electron chi connectivity index (χ4n) is 2.21. The van der Waals surface area contributed by atoms with Gasteiger partial charge >= 0.3 is 0 Å². The molecule has 2 aromatic rings. The SMILES string of the molecule is Cc1ccc(C(C)NC(=O)c2ccnc(Cl)c2)c(C)c1. The van der Waals surface area contributed by atoms with Gasteiger partial charge in [0.1, 0.15) is 5.15 Å². The first kappa shape index (κ1) is 14.5. The third kappa shape index (κ3) is 3.36. The second-order valence-corrected chi connectivity index (χ2v) is 5.31. The van der Waals surface area contributed by atoms with Crippen LogP contribution in [0.2, 0.25) is 5.15 Å². The molecule has 4 heteroatoms. The monoisotopic (exact) mass is 288 g/mol. The molecule has 0 aliphatic heterocycles. The Morgan fingerprint density at radius 1 is 1.25 bits per heavy atom. The Kier molecular flexibility index (Phi) is 4.40. The molecular weight excluding hydrogens is 272 g/mol. The Balaban J connectivity index is 2.15. The van der Waals surface area contributed by atoms with Crippen LogP contribution in [0.15, 0.2) is 36.5 Å². The summed E-state index contributed by atoms with van der Waals surface area (Å²) in [4.78, 5) is 16.0. The number of halogens is 1. The number of amides is 1. The van der Waals surface area contributed by atoms with Crippen molar-refractivity contribution in [1.82, 2.24) is 10.3 Å². The van der Waals surface area contributed by atoms with Crippen LogP contribution in [0.1, 0.15) is 40.0 Å². The highest BCUT2D eigenvalue weighted by Gasteiger charge is 2.13. The van der Waals surface area contributed by atoms with Gasteiger partial charge in [-0.3, -0.25) is 4.79 Å². The van der Waals surface area contributed by atoms with Crippen LogP contribution in [-0.4, -0.2) is 10.9 Å². The fourth-order valence-corrected chi connectivity index (χ4v) is 2.39. The third-order valence-electron chi connectivity index (χ3n) is 3.23. The highest BCUT2D eigenvalue weighted by Crippen LogP contribution is 2.19. The van der Waals surface area contributed by atoms with Gasteiger partial charge in [0, 0.05) is 11.8 Å². The number of nitrogens with zero attached hydrogens (tertiary/aromatic N) is 1. The van der Waals surface area contributed by atoms with Gasteiger partial charge in [0.25, 0.3) is 5.91 Å². The second kappa shape index (κ2) is 6.06. The van der Waals surface area contributed by atoms with E-state index in [0.717, 1.165) is 5.56 Å². The number of aromatic nitrogens is 1. The number of nitrogens with one attached hydrogen (secondary N) is 1. The van der Waals surface area contributed by atoms with Crippen molar-refractivity contribution in [3.8, 4) is 0 Å². The molecule has 20 heavy (non-hydrogen) atoms. The second-order valence-electron chi connectivity index (χ2n) is 4.92. The van der Waals surface area contributed by atoms with Crippen LogP contribution < -0.4 is 5.32 Å². The van der Waals surface area contributed by atoms with Gasteiger partial charge in [0.15, 0.2) is 0 Å². The number of hydrogen-bond acceptors (Lipinski definition) is 2. The summed E-state index contributed by atoms with van der Waals surface area (Å²) in [6, 6.07) is 9.36. The van der Waals surface area contributed by atoms with E-state index in [1.165, 1.54) is 17.3 Å². The van der Waals surface area contributed by atoms with Crippen LogP contribution >= 0.6 is 11.6 Å². The maximum atomic E-state index is 12.2. The molecule has 1 amide bonds. The van der Waals surface area contributed by atoms with Gasteiger partial charge in [-0.15, -0.1) is 0 Å². The van der Waals surface area contributed by atoms with Crippen LogP contribution in [0.5, 0.6) is 0 Å². The zero-order valence-corrected chi connectivity index (χ0v) is 12.5. The minimum absolute atomic E-state index is 0.0601. The third-order valence-corrected chi connectivity index (χ3v) is 3.43. The van der Waals surface area contributed by atoms with E-state index in [1.54, 1.807) is 12.1 Å². The fraction of sp³-hybridized carbons (Fsp3) is 0.250. The lowest BCUT2D eigenvalue weighted by Gasteiger charge is -2.17. The first-order valence-corrected chi connectivity index (χ1v) is 6.84. The van der Waals surface area contributed by atoms with Crippen molar-refractivity contribution < 1.29 is 4.79 Å². The number of benzene rings is 1. The van der Waals surface area contributed by atoms with Crippen LogP contribution in [0.25, 0.3) is 0 Å². The van der Waals surface area contributed by atoms with Crippen molar-refractivity contribution in [2.75, 3.05) is 0 Å². The summed E-state index contributed by atoms with van der Waals surface area (Å²) in [6.07, 6.45) is 1.53. The molecule has 1 heterocycles. The molecule has 0 fully saturated rings. The van der Waals surface area contributed by atoms with Crippen molar-refractivity contribution in [2.24, 2.45) is 0 Å². The molecule has 0 saturated carbocycles. The van der Waals surface area contributed by atoms with Gasteiger partial charge in [-0.1, -0.05) is 35.4 Å². The lowest BCUT2D eigenvalue weighted by Crippen LogP contribution is -2.27. The van der Waals surface area contributed by atoms with E-state index >= 15 is 0 Å². The standard InChI is InChI=1S/C16H17ClN2O/c1-10-4-5-14(11(2)8-10)12(3)19-16(20)13-6-7-18-15(17)9-13/h4-9,12H,1-3H3,(H,19,20). The molecule has 1 aromatic heterocycles. The van der Waals surface area contributed by atoms with E-state index in [4.69, 9.17) is 11.6 Å². The summed E-state index contributed by atoms with van der Waals surface area (Å²) < 4.78 is 0. The average Bonchev–Trinajstić information content (AvgIpc) is 2.38. The molecule has 0 radical (unpaired) electrons. The zero-order chi connectivity index (χ0) is 14.7. The van der Waals surface area contributed by atoms with Crippen LogP contribution in [-0.2, 0) is 0 Å². The molecular formula is C16H17ClN2O. The number of hydrogen-bond donors (Lipinski definition) is 1. The van der Waals surface area contributed by atoms with Gasteiger partial charge in [0.05, 0.1) is 6.04 Å². The molecule has 0 saturated heterocycles. The Labute approximate surface area is 124 Å². The van der Waals surface area contributed by atoms with Crippen LogP contribution in [0, 0.1) is 13.8 Å². The first-order chi connectivity index (χ1) is 9.47. The smallest absolute Gasteiger partial charge is 0.251 e. The largest absolute Gasteiger partial charge is 0.346 e. The summed E-state index contributed by atoms with van der Waals surface area (Å²) in [6.45, 7) is 6.08. The topological polar surface area (TPSA) is 42.0 Å². The zero-order valence-electron chi connectivity index (χ0n) is 11.8. The van der Waals surface area contributed by atoms with Crippen molar-refractivity contribution in [3.63, 3.8) is 0 Å². The van der Waals surface area contributed by atoms with E-state index in [0.29, 0.717) is 10.7 Å². The summed E-state index contributed by atoms with van der Waals surface area (Å²) in [5.74, 6) is -0.151. The Hall–Kier alpha value is -1.87. The van der Waals surface area contributed by atoms with Crippen molar-refractivity contribution >= 4 is 17.5 Å². The van der Waals surface area contributed by atoms with Crippen molar-refractivity contribution in [3.05, 3.63) is 63.9 Å². The predicted octanol–water partition coefficient (Wildman–Crippen LogP) is 3.84. The highest BCUT2D eigenvalue weighted by molar-refractivity contribution is 6.29. The quantitative estimate of drug-likeness (QED) is 0.872. The van der Waals surface area contributed by atoms with Gasteiger partial charge in [-0.2, -0.15) is 0 Å². The lowest BCUT2D eigenvalue weighted by atomic mass is 10.00. The molecule has 3 nitrogen and oxygen atoms in total. The van der Waals surface area contributed by atoms with Crippen LogP contribution in [0.3, 0.4) is 0 Å². The van der Waals surface area contributed by atoms with Crippen molar-refractivity contribution in [2.45, 2.75) is 26.8 Å². The molecule has 0 spiro atoms. The number of rotatable bonds is 3. The van der Waals surface area contributed by atoms with Gasteiger partial charge < -0.3 is 5.32 Å². The van der Waals surface area contributed by atoms with Crippen molar-refractivity contribution in [1.29, 1.82) is 0 Å². The summed E-state index contributed by atoms with van der Waals surface area (Å²) in [5, 5.41) is 3.29. The molecule has 0 bridgehead atoms. The summed E-state index contributed by atoms with van der Waals surface area (Å²) in [7, 11) is 0. The molecule has 1 N–H and O–H groups in total. The van der Waals surface area contributed by atoms with Gasteiger partial charge in [-0.25, -0.2) is 4.98 Å². The normalized spacial score (nSPS) is 12.0. The van der Waals surface area contributed by atoms with E-state index < -0.39 is 0 Å². The van der Waals surface area contributed by atoms with E-state index in [2.05, 4.69) is 29.4 Å². The molecule has 1 atom stereocenters. The van der Waals surface area contributed by atoms with Gasteiger partial charge in [0.2, 0.25) is 0 Å². The first-order valence-electron chi connectivity index (χ1n) is 6.47. The number of aryl methyl sites for hydroxylation is 2. The Morgan fingerprint density at radius 2 is 2.00 bits per heavy atom. The highest BCUT2D eigenvalue weighted by atomic mass is 35.5. The van der Waals surface area contributed by atoms with E-state index in [-0.39, 0.29) is 11.9 Å². The molecule has 104 valence electrons. The summed E-state index contributed by atoms with van der Waals surface area (Å²) in [5.41, 5.74) is 4.02. The van der Waals surface area contributed by atoms with E-state index in [1.807, 2.05) is 19.9 Å².